The molecule has 0 aliphatic heterocycles. The quantitative estimate of drug-likeness (QED) is 0.508. The fraction of sp³-hybridized carbons (Fsp3) is 0.429. The SMILES string of the molecule is CN(C)c1cccn[n+]1C. The average Bonchev–Trinajstić information content (AvgIpc) is 1.88. The Hall–Kier alpha value is -1.12. The largest absolute Gasteiger partial charge is 0.296 e. The van der Waals surface area contributed by atoms with Crippen molar-refractivity contribution < 1.29 is 4.68 Å². The minimum absolute atomic E-state index is 1.10. The van der Waals surface area contributed by atoms with Gasteiger partial charge in [-0.15, -0.1) is 4.68 Å². The first-order valence-electron chi connectivity index (χ1n) is 3.20. The summed E-state index contributed by atoms with van der Waals surface area (Å²) in [4.78, 5) is 2.02. The van der Waals surface area contributed by atoms with Crippen molar-refractivity contribution in [2.24, 2.45) is 7.05 Å². The third-order valence-corrected chi connectivity index (χ3v) is 1.36. The van der Waals surface area contributed by atoms with E-state index in [2.05, 4.69) is 5.10 Å². The normalized spacial score (nSPS) is 9.50. The van der Waals surface area contributed by atoms with Crippen molar-refractivity contribution >= 4 is 5.82 Å². The Morgan fingerprint density at radius 1 is 1.50 bits per heavy atom. The van der Waals surface area contributed by atoms with Crippen molar-refractivity contribution in [1.29, 1.82) is 0 Å². The molecule has 0 saturated carbocycles. The molecule has 1 heterocycles. The highest BCUT2D eigenvalue weighted by Gasteiger charge is 2.05. The van der Waals surface area contributed by atoms with E-state index in [1.807, 2.05) is 42.9 Å². The predicted octanol–water partition coefficient (Wildman–Crippen LogP) is -0.0279. The summed E-state index contributed by atoms with van der Waals surface area (Å²) < 4.78 is 1.83. The lowest BCUT2D eigenvalue weighted by molar-refractivity contribution is -0.718. The van der Waals surface area contributed by atoms with Crippen molar-refractivity contribution in [3.8, 4) is 0 Å². The molecular weight excluding hydrogens is 126 g/mol. The van der Waals surface area contributed by atoms with Gasteiger partial charge in [-0.1, -0.05) is 5.10 Å². The van der Waals surface area contributed by atoms with Crippen LogP contribution in [0.15, 0.2) is 18.3 Å². The molecule has 3 heteroatoms. The minimum Gasteiger partial charge on any atom is -0.266 e. The van der Waals surface area contributed by atoms with E-state index in [0.29, 0.717) is 0 Å². The lowest BCUT2D eigenvalue weighted by atomic mass is 10.5. The first-order valence-corrected chi connectivity index (χ1v) is 3.20. The molecule has 0 saturated heterocycles. The van der Waals surface area contributed by atoms with Crippen LogP contribution in [0.4, 0.5) is 5.82 Å². The molecule has 1 aromatic rings. The van der Waals surface area contributed by atoms with Gasteiger partial charge in [0, 0.05) is 6.07 Å². The zero-order valence-electron chi connectivity index (χ0n) is 6.57. The highest BCUT2D eigenvalue weighted by Crippen LogP contribution is 1.98. The van der Waals surface area contributed by atoms with Crippen molar-refractivity contribution in [2.45, 2.75) is 0 Å². The van der Waals surface area contributed by atoms with Crippen LogP contribution in [0, 0.1) is 0 Å². The molecule has 0 spiro atoms. The maximum absolute atomic E-state index is 4.08. The van der Waals surface area contributed by atoms with E-state index in [4.69, 9.17) is 0 Å². The summed E-state index contributed by atoms with van der Waals surface area (Å²) in [5, 5.41) is 4.08. The Kier molecular flexibility index (Phi) is 1.85. The van der Waals surface area contributed by atoms with Crippen LogP contribution in [0.25, 0.3) is 0 Å². The van der Waals surface area contributed by atoms with Gasteiger partial charge in [-0.05, 0) is 6.07 Å². The Labute approximate surface area is 60.9 Å². The molecule has 0 fully saturated rings. The number of nitrogens with zero attached hydrogens (tertiary/aromatic N) is 3. The van der Waals surface area contributed by atoms with Crippen LogP contribution in [0.1, 0.15) is 0 Å². The van der Waals surface area contributed by atoms with Crippen LogP contribution >= 0.6 is 0 Å². The number of hydrogen-bond donors (Lipinski definition) is 0. The monoisotopic (exact) mass is 138 g/mol. The minimum atomic E-state index is 1.10. The summed E-state index contributed by atoms with van der Waals surface area (Å²) >= 11 is 0. The van der Waals surface area contributed by atoms with Gasteiger partial charge in [0.1, 0.15) is 7.05 Å². The van der Waals surface area contributed by atoms with E-state index in [1.165, 1.54) is 0 Å². The molecule has 0 aromatic carbocycles. The van der Waals surface area contributed by atoms with Gasteiger partial charge in [0.15, 0.2) is 0 Å². The van der Waals surface area contributed by atoms with Crippen LogP contribution < -0.4 is 9.58 Å². The fourth-order valence-corrected chi connectivity index (χ4v) is 0.873. The maximum Gasteiger partial charge on any atom is 0.296 e. The number of aryl methyl sites for hydroxylation is 1. The Morgan fingerprint density at radius 2 is 2.20 bits per heavy atom. The fourth-order valence-electron chi connectivity index (χ4n) is 0.873. The number of hydrogen-bond acceptors (Lipinski definition) is 2. The Morgan fingerprint density at radius 3 is 2.60 bits per heavy atom. The van der Waals surface area contributed by atoms with Gasteiger partial charge in [0.05, 0.1) is 20.3 Å². The molecule has 0 atom stereocenters. The summed E-state index contributed by atoms with van der Waals surface area (Å²) in [7, 11) is 5.92. The van der Waals surface area contributed by atoms with Crippen molar-refractivity contribution in [1.82, 2.24) is 5.10 Å². The van der Waals surface area contributed by atoms with Gasteiger partial charge >= 0.3 is 0 Å². The van der Waals surface area contributed by atoms with E-state index >= 15 is 0 Å². The molecule has 0 bridgehead atoms. The Balaban J connectivity index is 3.03. The van der Waals surface area contributed by atoms with Crippen LogP contribution in [0.5, 0.6) is 0 Å². The standard InChI is InChI=1S/C7H12N3/c1-9(2)7-5-4-6-8-10(7)3/h4-6H,1-3H3/q+1. The summed E-state index contributed by atoms with van der Waals surface area (Å²) in [6.07, 6.45) is 1.77. The molecule has 0 unspecified atom stereocenters. The predicted molar refractivity (Wildman–Crippen MR) is 39.7 cm³/mol. The van der Waals surface area contributed by atoms with E-state index in [0.717, 1.165) is 5.82 Å². The zero-order valence-corrected chi connectivity index (χ0v) is 6.57. The smallest absolute Gasteiger partial charge is 0.266 e. The third kappa shape index (κ3) is 1.23. The van der Waals surface area contributed by atoms with Crippen LogP contribution in [0.2, 0.25) is 0 Å². The van der Waals surface area contributed by atoms with Gasteiger partial charge in [-0.25, -0.2) is 0 Å². The van der Waals surface area contributed by atoms with E-state index in [-0.39, 0.29) is 0 Å². The first kappa shape index (κ1) is 6.99. The zero-order chi connectivity index (χ0) is 7.56. The highest BCUT2D eigenvalue weighted by molar-refractivity contribution is 5.28. The molecule has 3 nitrogen and oxygen atoms in total. The molecule has 1 aromatic heterocycles. The number of aromatic nitrogens is 2. The van der Waals surface area contributed by atoms with Crippen molar-refractivity contribution in [3.63, 3.8) is 0 Å². The van der Waals surface area contributed by atoms with Gasteiger partial charge in [0.2, 0.25) is 0 Å². The highest BCUT2D eigenvalue weighted by atomic mass is 15.3. The second-order valence-electron chi connectivity index (χ2n) is 2.40. The summed E-state index contributed by atoms with van der Waals surface area (Å²) in [5.41, 5.74) is 0. The van der Waals surface area contributed by atoms with Crippen LogP contribution in [-0.2, 0) is 7.05 Å². The molecule has 0 aliphatic rings. The molecule has 54 valence electrons. The lowest BCUT2D eigenvalue weighted by Crippen LogP contribution is -2.38. The van der Waals surface area contributed by atoms with Gasteiger partial charge < -0.3 is 0 Å². The van der Waals surface area contributed by atoms with Gasteiger partial charge in [-0.2, -0.15) is 0 Å². The summed E-state index contributed by atoms with van der Waals surface area (Å²) in [6.45, 7) is 0. The average molecular weight is 138 g/mol. The molecule has 0 aliphatic carbocycles. The van der Waals surface area contributed by atoms with Gasteiger partial charge in [-0.3, -0.25) is 4.90 Å². The summed E-state index contributed by atoms with van der Waals surface area (Å²) in [6, 6.07) is 3.95. The molecule has 0 amide bonds. The van der Waals surface area contributed by atoms with Crippen LogP contribution in [0.3, 0.4) is 0 Å². The number of rotatable bonds is 1. The first-order chi connectivity index (χ1) is 4.72. The second kappa shape index (κ2) is 2.64. The van der Waals surface area contributed by atoms with Crippen molar-refractivity contribution in [3.05, 3.63) is 18.3 Å². The van der Waals surface area contributed by atoms with Crippen molar-refractivity contribution in [2.75, 3.05) is 19.0 Å². The van der Waals surface area contributed by atoms with E-state index in [9.17, 15) is 0 Å². The maximum atomic E-state index is 4.08. The summed E-state index contributed by atoms with van der Waals surface area (Å²) in [5.74, 6) is 1.10. The number of anilines is 1. The topological polar surface area (TPSA) is 20.0 Å². The second-order valence-corrected chi connectivity index (χ2v) is 2.40. The molecule has 0 N–H and O–H groups in total. The van der Waals surface area contributed by atoms with E-state index < -0.39 is 0 Å². The van der Waals surface area contributed by atoms with E-state index in [1.54, 1.807) is 6.20 Å². The molecular formula is C7H12N3+. The lowest BCUT2D eigenvalue weighted by Gasteiger charge is -2.04. The molecule has 1 rings (SSSR count). The molecule has 10 heavy (non-hydrogen) atoms. The third-order valence-electron chi connectivity index (χ3n) is 1.36. The van der Waals surface area contributed by atoms with Gasteiger partial charge in [0.25, 0.3) is 5.82 Å². The van der Waals surface area contributed by atoms with Crippen LogP contribution in [-0.4, -0.2) is 19.2 Å². The molecule has 0 radical (unpaired) electrons. The Bertz CT molecular complexity index is 220.